The topological polar surface area (TPSA) is 97.9 Å². The minimum atomic E-state index is -0.181. The van der Waals surface area contributed by atoms with Crippen molar-refractivity contribution in [1.29, 1.82) is 0 Å². The molecule has 5 rings (SSSR count). The first kappa shape index (κ1) is 20.4. The summed E-state index contributed by atoms with van der Waals surface area (Å²) in [5.74, 6) is 0.199. The SMILES string of the molecule is CNC(=O)c1ccc(-n2c(=O)c3c(n4ncc(CC5CCOC5)c24)CN(C=O)CC3)cc1. The molecule has 1 aromatic carbocycles. The Morgan fingerprint density at radius 1 is 1.31 bits per heavy atom. The van der Waals surface area contributed by atoms with Crippen LogP contribution in [0, 0.1) is 5.92 Å². The van der Waals surface area contributed by atoms with Gasteiger partial charge in [0.05, 0.1) is 24.1 Å². The highest BCUT2D eigenvalue weighted by Gasteiger charge is 2.27. The molecule has 9 heteroatoms. The van der Waals surface area contributed by atoms with Crippen LogP contribution in [0.3, 0.4) is 0 Å². The fraction of sp³-hybridized carbons (Fsp3) is 0.391. The van der Waals surface area contributed by atoms with E-state index in [4.69, 9.17) is 4.74 Å². The van der Waals surface area contributed by atoms with Crippen molar-refractivity contribution in [3.8, 4) is 5.69 Å². The second-order valence-electron chi connectivity index (χ2n) is 8.36. The summed E-state index contributed by atoms with van der Waals surface area (Å²) >= 11 is 0. The molecule has 32 heavy (non-hydrogen) atoms. The Morgan fingerprint density at radius 2 is 2.12 bits per heavy atom. The van der Waals surface area contributed by atoms with E-state index in [1.165, 1.54) is 0 Å². The molecular weight excluding hydrogens is 410 g/mol. The zero-order valence-electron chi connectivity index (χ0n) is 17.9. The third-order valence-corrected chi connectivity index (χ3v) is 6.39. The van der Waals surface area contributed by atoms with Gasteiger partial charge in [0, 0.05) is 43.5 Å². The van der Waals surface area contributed by atoms with Gasteiger partial charge in [-0.1, -0.05) is 0 Å². The van der Waals surface area contributed by atoms with E-state index >= 15 is 0 Å². The van der Waals surface area contributed by atoms with E-state index in [1.54, 1.807) is 40.8 Å². The highest BCUT2D eigenvalue weighted by molar-refractivity contribution is 5.94. The van der Waals surface area contributed by atoms with Crippen molar-refractivity contribution in [2.75, 3.05) is 26.8 Å². The number of ether oxygens (including phenoxy) is 1. The van der Waals surface area contributed by atoms with Crippen LogP contribution >= 0.6 is 0 Å². The molecular formula is C23H25N5O4. The molecule has 0 aliphatic carbocycles. The normalized spacial score (nSPS) is 18.0. The van der Waals surface area contributed by atoms with Crippen LogP contribution < -0.4 is 10.9 Å². The maximum atomic E-state index is 13.7. The molecule has 2 amide bonds. The average Bonchev–Trinajstić information content (AvgIpc) is 3.49. The maximum absolute atomic E-state index is 13.7. The summed E-state index contributed by atoms with van der Waals surface area (Å²) in [6.45, 7) is 2.31. The van der Waals surface area contributed by atoms with Crippen LogP contribution in [0.15, 0.2) is 35.3 Å². The standard InChI is InChI=1S/C23H25N5O4/c1-24-21(30)16-2-4-18(5-3-16)27-22-17(10-15-7-9-32-13-15)11-25-28(22)20-12-26(14-29)8-6-19(20)23(27)31/h2-5,11,14-15H,6-10,12-13H2,1H3,(H,24,30). The zero-order chi connectivity index (χ0) is 22.2. The monoisotopic (exact) mass is 435 g/mol. The van der Waals surface area contributed by atoms with Crippen LogP contribution in [-0.2, 0) is 28.9 Å². The van der Waals surface area contributed by atoms with Gasteiger partial charge in [0.2, 0.25) is 6.41 Å². The third kappa shape index (κ3) is 3.38. The molecule has 3 aromatic rings. The lowest BCUT2D eigenvalue weighted by Crippen LogP contribution is -2.38. The molecule has 1 N–H and O–H groups in total. The van der Waals surface area contributed by atoms with E-state index in [-0.39, 0.29) is 11.5 Å². The molecule has 0 saturated carbocycles. The highest BCUT2D eigenvalue weighted by atomic mass is 16.5. The summed E-state index contributed by atoms with van der Waals surface area (Å²) in [6, 6.07) is 7.00. The Bertz CT molecular complexity index is 1240. The number of fused-ring (bicyclic) bond motifs is 3. The number of nitrogens with one attached hydrogen (secondary N) is 1. The maximum Gasteiger partial charge on any atom is 0.261 e. The van der Waals surface area contributed by atoms with E-state index in [0.717, 1.165) is 37.1 Å². The number of carbonyl (C=O) groups excluding carboxylic acids is 2. The van der Waals surface area contributed by atoms with Crippen molar-refractivity contribution in [1.82, 2.24) is 24.4 Å². The van der Waals surface area contributed by atoms with Gasteiger partial charge in [-0.3, -0.25) is 19.0 Å². The largest absolute Gasteiger partial charge is 0.381 e. The van der Waals surface area contributed by atoms with Crippen LogP contribution in [0.4, 0.5) is 0 Å². The summed E-state index contributed by atoms with van der Waals surface area (Å²) in [4.78, 5) is 38.7. The fourth-order valence-electron chi connectivity index (χ4n) is 4.67. The van der Waals surface area contributed by atoms with Gasteiger partial charge >= 0.3 is 0 Å². The summed E-state index contributed by atoms with van der Waals surface area (Å²) < 4.78 is 9.05. The number of carbonyl (C=O) groups is 2. The highest BCUT2D eigenvalue weighted by Crippen LogP contribution is 2.26. The summed E-state index contributed by atoms with van der Waals surface area (Å²) in [5.41, 5.74) is 4.21. The summed E-state index contributed by atoms with van der Waals surface area (Å²) in [7, 11) is 1.58. The predicted octanol–water partition coefficient (Wildman–Crippen LogP) is 0.938. The predicted molar refractivity (Wildman–Crippen MR) is 117 cm³/mol. The van der Waals surface area contributed by atoms with Gasteiger partial charge in [-0.15, -0.1) is 0 Å². The van der Waals surface area contributed by atoms with Crippen molar-refractivity contribution >= 4 is 18.0 Å². The minimum Gasteiger partial charge on any atom is -0.381 e. The Balaban J connectivity index is 1.70. The quantitative estimate of drug-likeness (QED) is 0.602. The van der Waals surface area contributed by atoms with Crippen LogP contribution in [0.5, 0.6) is 0 Å². The molecule has 0 bridgehead atoms. The third-order valence-electron chi connectivity index (χ3n) is 6.39. The van der Waals surface area contributed by atoms with Gasteiger partial charge in [-0.2, -0.15) is 5.10 Å². The molecule has 2 aliphatic heterocycles. The Labute approximate surface area is 184 Å². The smallest absolute Gasteiger partial charge is 0.261 e. The summed E-state index contributed by atoms with van der Waals surface area (Å²) in [6.07, 6.45) is 4.85. The van der Waals surface area contributed by atoms with Gasteiger partial charge in [0.15, 0.2) is 0 Å². The lowest BCUT2D eigenvalue weighted by atomic mass is 10.00. The van der Waals surface area contributed by atoms with Crippen LogP contribution in [0.2, 0.25) is 0 Å². The second kappa shape index (κ2) is 8.23. The number of benzene rings is 1. The van der Waals surface area contributed by atoms with Crippen LogP contribution in [-0.4, -0.2) is 58.2 Å². The first-order valence-corrected chi connectivity index (χ1v) is 10.8. The zero-order valence-corrected chi connectivity index (χ0v) is 17.9. The van der Waals surface area contributed by atoms with Crippen molar-refractivity contribution in [2.24, 2.45) is 5.92 Å². The van der Waals surface area contributed by atoms with Gasteiger partial charge < -0.3 is 15.0 Å². The van der Waals surface area contributed by atoms with Crippen molar-refractivity contribution in [3.63, 3.8) is 0 Å². The summed E-state index contributed by atoms with van der Waals surface area (Å²) in [5, 5.41) is 7.25. The molecule has 9 nitrogen and oxygen atoms in total. The van der Waals surface area contributed by atoms with E-state index in [1.807, 2.05) is 10.7 Å². The van der Waals surface area contributed by atoms with Crippen LogP contribution in [0.1, 0.15) is 33.6 Å². The number of hydrogen-bond acceptors (Lipinski definition) is 5. The lowest BCUT2D eigenvalue weighted by Gasteiger charge is -2.26. The second-order valence-corrected chi connectivity index (χ2v) is 8.36. The van der Waals surface area contributed by atoms with Crippen molar-refractivity contribution in [3.05, 3.63) is 63.2 Å². The molecule has 0 spiro atoms. The lowest BCUT2D eigenvalue weighted by molar-refractivity contribution is -0.119. The van der Waals surface area contributed by atoms with Crippen molar-refractivity contribution < 1.29 is 14.3 Å². The van der Waals surface area contributed by atoms with E-state index in [9.17, 15) is 14.4 Å². The minimum absolute atomic E-state index is 0.102. The van der Waals surface area contributed by atoms with E-state index in [0.29, 0.717) is 54.5 Å². The molecule has 166 valence electrons. The number of amides is 2. The van der Waals surface area contributed by atoms with Gasteiger partial charge in [0.1, 0.15) is 5.65 Å². The molecule has 1 fully saturated rings. The average molecular weight is 435 g/mol. The van der Waals surface area contributed by atoms with Gasteiger partial charge in [-0.25, -0.2) is 4.52 Å². The number of rotatable bonds is 5. The molecule has 2 aliphatic rings. The molecule has 0 radical (unpaired) electrons. The van der Waals surface area contributed by atoms with E-state index in [2.05, 4.69) is 10.4 Å². The fourth-order valence-corrected chi connectivity index (χ4v) is 4.67. The van der Waals surface area contributed by atoms with Gasteiger partial charge in [0.25, 0.3) is 11.5 Å². The van der Waals surface area contributed by atoms with Crippen molar-refractivity contribution in [2.45, 2.75) is 25.8 Å². The van der Waals surface area contributed by atoms with E-state index < -0.39 is 0 Å². The Morgan fingerprint density at radius 3 is 2.81 bits per heavy atom. The number of hydrogen-bond donors (Lipinski definition) is 1. The molecule has 1 atom stereocenters. The molecule has 2 aromatic heterocycles. The first-order chi connectivity index (χ1) is 15.6. The van der Waals surface area contributed by atoms with Crippen LogP contribution in [0.25, 0.3) is 11.3 Å². The molecule has 4 heterocycles. The Hall–Kier alpha value is -3.46. The Kier molecular flexibility index (Phi) is 5.26. The molecule has 1 unspecified atom stereocenters. The first-order valence-electron chi connectivity index (χ1n) is 10.8. The van der Waals surface area contributed by atoms with Gasteiger partial charge in [-0.05, 0) is 49.4 Å². The number of nitrogens with zero attached hydrogens (tertiary/aromatic N) is 4. The molecule has 1 saturated heterocycles. The number of aromatic nitrogens is 3.